The number of thioether (sulfide) groups is 1. The van der Waals surface area contributed by atoms with E-state index in [1.807, 2.05) is 61.5 Å². The molecule has 2 amide bonds. The van der Waals surface area contributed by atoms with Crippen molar-refractivity contribution in [1.29, 1.82) is 5.26 Å². The Kier molecular flexibility index (Phi) is 7.31. The topological polar surface area (TPSA) is 82.4 Å². The van der Waals surface area contributed by atoms with Gasteiger partial charge in [-0.2, -0.15) is 5.26 Å². The monoisotopic (exact) mass is 469 g/mol. The zero-order valence-electron chi connectivity index (χ0n) is 18.6. The summed E-state index contributed by atoms with van der Waals surface area (Å²) in [6.45, 7) is 2.51. The van der Waals surface area contributed by atoms with E-state index in [4.69, 9.17) is 4.74 Å². The lowest BCUT2D eigenvalue weighted by atomic mass is 10.1. The molecule has 170 valence electrons. The summed E-state index contributed by atoms with van der Waals surface area (Å²) >= 11 is 1.24. The number of amides is 2. The van der Waals surface area contributed by atoms with Crippen LogP contribution in [0.3, 0.4) is 0 Å². The maximum absolute atomic E-state index is 13.5. The van der Waals surface area contributed by atoms with Gasteiger partial charge in [0, 0.05) is 11.4 Å². The number of hydrogen-bond acceptors (Lipinski definition) is 5. The van der Waals surface area contributed by atoms with Gasteiger partial charge in [0.2, 0.25) is 5.91 Å². The quantitative estimate of drug-likeness (QED) is 0.382. The first-order valence-corrected chi connectivity index (χ1v) is 11.8. The summed E-state index contributed by atoms with van der Waals surface area (Å²) in [6, 6.07) is 27.6. The van der Waals surface area contributed by atoms with Crippen molar-refractivity contribution in [2.24, 2.45) is 0 Å². The van der Waals surface area contributed by atoms with Gasteiger partial charge in [-0.05, 0) is 55.3 Å². The summed E-state index contributed by atoms with van der Waals surface area (Å²) in [6.07, 6.45) is 0.460. The Bertz CT molecular complexity index is 1240. The van der Waals surface area contributed by atoms with E-state index >= 15 is 0 Å². The number of carbonyl (C=O) groups excluding carboxylic acids is 2. The molecule has 0 bridgehead atoms. The molecule has 7 heteroatoms. The van der Waals surface area contributed by atoms with Gasteiger partial charge in [0.25, 0.3) is 5.91 Å². The summed E-state index contributed by atoms with van der Waals surface area (Å²) in [7, 11) is 0. The first kappa shape index (κ1) is 23.1. The molecule has 0 aliphatic carbocycles. The third-order valence-electron chi connectivity index (χ3n) is 5.21. The van der Waals surface area contributed by atoms with Gasteiger partial charge in [-0.1, -0.05) is 60.3 Å². The van der Waals surface area contributed by atoms with Crippen LogP contribution in [0.4, 0.5) is 11.4 Å². The normalized spacial score (nSPS) is 16.6. The van der Waals surface area contributed by atoms with Gasteiger partial charge in [0.15, 0.2) is 0 Å². The van der Waals surface area contributed by atoms with Crippen LogP contribution in [0.15, 0.2) is 95.5 Å². The minimum Gasteiger partial charge on any atom is -0.494 e. The minimum absolute atomic E-state index is 0.0970. The summed E-state index contributed by atoms with van der Waals surface area (Å²) in [5, 5.41) is 12.5. The molecule has 1 fully saturated rings. The second-order valence-corrected chi connectivity index (χ2v) is 8.70. The highest BCUT2D eigenvalue weighted by Crippen LogP contribution is 2.42. The van der Waals surface area contributed by atoms with Crippen molar-refractivity contribution in [3.05, 3.63) is 101 Å². The summed E-state index contributed by atoms with van der Waals surface area (Å²) in [5.41, 5.74) is 2.06. The molecule has 0 aromatic heterocycles. The first-order valence-electron chi connectivity index (χ1n) is 10.9. The molecule has 3 aromatic carbocycles. The van der Waals surface area contributed by atoms with Gasteiger partial charge in [0.1, 0.15) is 22.4 Å². The number of para-hydroxylation sites is 2. The number of ether oxygens (including phenoxy) is 1. The maximum Gasteiger partial charge on any atom is 0.269 e. The van der Waals surface area contributed by atoms with E-state index in [-0.39, 0.29) is 11.5 Å². The number of nitrogens with one attached hydrogen (secondary N) is 1. The number of rotatable bonds is 7. The maximum atomic E-state index is 13.5. The molecule has 1 heterocycles. The molecular formula is C27H23N3O3S. The molecule has 34 heavy (non-hydrogen) atoms. The minimum atomic E-state index is -0.549. The molecular weight excluding hydrogens is 446 g/mol. The van der Waals surface area contributed by atoms with Crippen LogP contribution in [0, 0.1) is 11.3 Å². The van der Waals surface area contributed by atoms with Crippen LogP contribution in [0.1, 0.15) is 12.5 Å². The highest BCUT2D eigenvalue weighted by molar-refractivity contribution is 8.05. The summed E-state index contributed by atoms with van der Waals surface area (Å²) < 4.78 is 5.50. The standard InChI is InChI=1S/C27H23N3O3S/c1-2-33-22-15-13-19(14-16-22)17-24-26(32)30(21-11-7-4-8-12-21)27(34-24)23(18-28)25(31)29-20-9-5-3-6-10-20/h3-16,24H,2,17H2,1H3,(H,29,31)/b27-23-. The fraction of sp³-hybridized carbons (Fsp3) is 0.148. The van der Waals surface area contributed by atoms with Crippen LogP contribution in [0.25, 0.3) is 0 Å². The molecule has 4 rings (SSSR count). The zero-order valence-corrected chi connectivity index (χ0v) is 19.4. The van der Waals surface area contributed by atoms with Crippen molar-refractivity contribution in [1.82, 2.24) is 0 Å². The van der Waals surface area contributed by atoms with Crippen molar-refractivity contribution in [2.75, 3.05) is 16.8 Å². The van der Waals surface area contributed by atoms with Crippen LogP contribution in [0.5, 0.6) is 5.75 Å². The van der Waals surface area contributed by atoms with Gasteiger partial charge in [0.05, 0.1) is 11.9 Å². The lowest BCUT2D eigenvalue weighted by molar-refractivity contribution is -0.117. The third kappa shape index (κ3) is 5.13. The fourth-order valence-corrected chi connectivity index (χ4v) is 4.92. The molecule has 3 aromatic rings. The van der Waals surface area contributed by atoms with Crippen LogP contribution >= 0.6 is 11.8 Å². The molecule has 1 saturated heterocycles. The predicted octanol–water partition coefficient (Wildman–Crippen LogP) is 5.15. The fourth-order valence-electron chi connectivity index (χ4n) is 3.62. The number of hydrogen-bond donors (Lipinski definition) is 1. The van der Waals surface area contributed by atoms with Gasteiger partial charge in [-0.25, -0.2) is 0 Å². The molecule has 1 aliphatic rings. The second kappa shape index (κ2) is 10.7. The van der Waals surface area contributed by atoms with Crippen LogP contribution in [-0.2, 0) is 16.0 Å². The number of benzene rings is 3. The van der Waals surface area contributed by atoms with E-state index in [0.717, 1.165) is 11.3 Å². The Morgan fingerprint density at radius 2 is 1.68 bits per heavy atom. The van der Waals surface area contributed by atoms with E-state index in [1.54, 1.807) is 36.4 Å². The van der Waals surface area contributed by atoms with Gasteiger partial charge >= 0.3 is 0 Å². The Morgan fingerprint density at radius 3 is 2.29 bits per heavy atom. The molecule has 1 atom stereocenters. The average Bonchev–Trinajstić information content (AvgIpc) is 3.17. The van der Waals surface area contributed by atoms with Crippen molar-refractivity contribution in [2.45, 2.75) is 18.6 Å². The van der Waals surface area contributed by atoms with Crippen molar-refractivity contribution in [3.8, 4) is 11.8 Å². The van der Waals surface area contributed by atoms with E-state index in [1.165, 1.54) is 16.7 Å². The van der Waals surface area contributed by atoms with Crippen molar-refractivity contribution < 1.29 is 14.3 Å². The van der Waals surface area contributed by atoms with E-state index < -0.39 is 11.2 Å². The molecule has 1 aliphatic heterocycles. The number of anilines is 2. The molecule has 6 nitrogen and oxygen atoms in total. The highest BCUT2D eigenvalue weighted by Gasteiger charge is 2.40. The smallest absolute Gasteiger partial charge is 0.269 e. The molecule has 1 unspecified atom stereocenters. The number of carbonyl (C=O) groups is 2. The molecule has 0 saturated carbocycles. The molecule has 0 radical (unpaired) electrons. The van der Waals surface area contributed by atoms with Gasteiger partial charge < -0.3 is 10.1 Å². The Morgan fingerprint density at radius 1 is 1.03 bits per heavy atom. The lowest BCUT2D eigenvalue weighted by Gasteiger charge is -2.18. The van der Waals surface area contributed by atoms with E-state index in [9.17, 15) is 14.9 Å². The summed E-state index contributed by atoms with van der Waals surface area (Å²) in [5.74, 6) is 0.0551. The molecule has 1 N–H and O–H groups in total. The Labute approximate surface area is 202 Å². The number of nitriles is 1. The molecule has 0 spiro atoms. The first-order chi connectivity index (χ1) is 16.6. The Balaban J connectivity index is 1.66. The van der Waals surface area contributed by atoms with E-state index in [0.29, 0.717) is 29.4 Å². The van der Waals surface area contributed by atoms with Gasteiger partial charge in [-0.3, -0.25) is 14.5 Å². The second-order valence-electron chi connectivity index (χ2n) is 7.51. The third-order valence-corrected chi connectivity index (χ3v) is 6.47. The SMILES string of the molecule is CCOc1ccc(CC2S/C(=C(/C#N)C(=O)Nc3ccccc3)N(c3ccccc3)C2=O)cc1. The lowest BCUT2D eigenvalue weighted by Crippen LogP contribution is -2.30. The number of nitrogens with zero attached hydrogens (tertiary/aromatic N) is 2. The van der Waals surface area contributed by atoms with E-state index in [2.05, 4.69) is 5.32 Å². The zero-order chi connectivity index (χ0) is 23.9. The van der Waals surface area contributed by atoms with Gasteiger partial charge in [-0.15, -0.1) is 0 Å². The van der Waals surface area contributed by atoms with Crippen molar-refractivity contribution >= 4 is 35.0 Å². The largest absolute Gasteiger partial charge is 0.494 e. The predicted molar refractivity (Wildman–Crippen MR) is 134 cm³/mol. The summed E-state index contributed by atoms with van der Waals surface area (Å²) in [4.78, 5) is 28.0. The average molecular weight is 470 g/mol. The van der Waals surface area contributed by atoms with Crippen LogP contribution in [0.2, 0.25) is 0 Å². The van der Waals surface area contributed by atoms with Crippen molar-refractivity contribution in [3.63, 3.8) is 0 Å². The Hall–Kier alpha value is -4.02. The van der Waals surface area contributed by atoms with Crippen LogP contribution in [-0.4, -0.2) is 23.7 Å². The van der Waals surface area contributed by atoms with Crippen LogP contribution < -0.4 is 15.0 Å². The highest BCUT2D eigenvalue weighted by atomic mass is 32.2.